The van der Waals surface area contributed by atoms with E-state index in [1.165, 1.54) is 24.8 Å². The molecule has 0 saturated heterocycles. The molecule has 0 spiro atoms. The third-order valence-electron chi connectivity index (χ3n) is 3.79. The summed E-state index contributed by atoms with van der Waals surface area (Å²) in [5.74, 6) is 0. The van der Waals surface area contributed by atoms with Gasteiger partial charge < -0.3 is 0 Å². The van der Waals surface area contributed by atoms with E-state index in [0.29, 0.717) is 0 Å². The predicted octanol–water partition coefficient (Wildman–Crippen LogP) is 6.50. The van der Waals surface area contributed by atoms with Gasteiger partial charge in [-0.2, -0.15) is 13.2 Å². The quantitative estimate of drug-likeness (QED) is 0.535. The molecule has 0 aliphatic heterocycles. The molecule has 22 heavy (non-hydrogen) atoms. The largest absolute Gasteiger partial charge is 0.416 e. The minimum absolute atomic E-state index is 0.605. The number of alkyl halides is 3. The van der Waals surface area contributed by atoms with Crippen molar-refractivity contribution in [1.82, 2.24) is 0 Å². The molecular formula is C19H21F3. The van der Waals surface area contributed by atoms with Crippen molar-refractivity contribution in [3.8, 4) is 11.1 Å². The first-order chi connectivity index (χ1) is 10.5. The van der Waals surface area contributed by atoms with Crippen LogP contribution in [0.2, 0.25) is 0 Å². The molecule has 2 rings (SSSR count). The highest BCUT2D eigenvalue weighted by molar-refractivity contribution is 5.64. The van der Waals surface area contributed by atoms with E-state index in [2.05, 4.69) is 19.1 Å². The molecule has 0 aliphatic carbocycles. The molecule has 0 amide bonds. The van der Waals surface area contributed by atoms with E-state index in [1.807, 2.05) is 12.1 Å². The number of unbranched alkanes of at least 4 members (excludes halogenated alkanes) is 3. The Morgan fingerprint density at radius 3 is 2.18 bits per heavy atom. The van der Waals surface area contributed by atoms with Gasteiger partial charge in [-0.25, -0.2) is 0 Å². The third-order valence-corrected chi connectivity index (χ3v) is 3.79. The molecule has 0 N–H and O–H groups in total. The van der Waals surface area contributed by atoms with E-state index in [0.717, 1.165) is 36.1 Å². The molecule has 0 aromatic heterocycles. The summed E-state index contributed by atoms with van der Waals surface area (Å²) in [6.45, 7) is 2.19. The number of hydrogen-bond acceptors (Lipinski definition) is 0. The summed E-state index contributed by atoms with van der Waals surface area (Å²) in [6.07, 6.45) is 1.59. The van der Waals surface area contributed by atoms with Crippen molar-refractivity contribution in [2.75, 3.05) is 0 Å². The number of halogens is 3. The Balaban J connectivity index is 2.09. The molecule has 3 heteroatoms. The summed E-state index contributed by atoms with van der Waals surface area (Å²) in [5.41, 5.74) is 2.44. The molecule has 0 fully saturated rings. The lowest BCUT2D eigenvalue weighted by Crippen LogP contribution is -2.03. The standard InChI is InChI=1S/C19H21F3/c1-2-3-4-5-7-15-8-6-9-17(14-15)16-10-12-18(13-11-16)19(20,21)22/h6,8-14H,2-5,7H2,1H3. The first-order valence-electron chi connectivity index (χ1n) is 7.77. The van der Waals surface area contributed by atoms with Gasteiger partial charge in [0.25, 0.3) is 0 Å². The molecule has 118 valence electrons. The summed E-state index contributed by atoms with van der Waals surface area (Å²) in [6, 6.07) is 13.4. The van der Waals surface area contributed by atoms with Gasteiger partial charge in [0.15, 0.2) is 0 Å². The van der Waals surface area contributed by atoms with Crippen LogP contribution >= 0.6 is 0 Å². The van der Waals surface area contributed by atoms with Gasteiger partial charge in [0.2, 0.25) is 0 Å². The van der Waals surface area contributed by atoms with Gasteiger partial charge in [-0.3, -0.25) is 0 Å². The molecule has 2 aromatic carbocycles. The Hall–Kier alpha value is -1.77. The molecule has 0 heterocycles. The van der Waals surface area contributed by atoms with Crippen LogP contribution in [0.1, 0.15) is 43.7 Å². The highest BCUT2D eigenvalue weighted by Gasteiger charge is 2.29. The fraction of sp³-hybridized carbons (Fsp3) is 0.368. The minimum atomic E-state index is -4.28. The second kappa shape index (κ2) is 7.48. The Morgan fingerprint density at radius 2 is 1.55 bits per heavy atom. The van der Waals surface area contributed by atoms with Crippen LogP contribution in [0.4, 0.5) is 13.2 Å². The van der Waals surface area contributed by atoms with Gasteiger partial charge in [-0.05, 0) is 41.7 Å². The van der Waals surface area contributed by atoms with Gasteiger partial charge in [-0.1, -0.05) is 62.6 Å². The van der Waals surface area contributed by atoms with Crippen molar-refractivity contribution in [3.63, 3.8) is 0 Å². The maximum absolute atomic E-state index is 12.6. The van der Waals surface area contributed by atoms with Crippen LogP contribution in [0, 0.1) is 0 Å². The molecule has 0 aliphatic rings. The van der Waals surface area contributed by atoms with Gasteiger partial charge >= 0.3 is 6.18 Å². The second-order valence-corrected chi connectivity index (χ2v) is 5.59. The van der Waals surface area contributed by atoms with Crippen molar-refractivity contribution in [1.29, 1.82) is 0 Å². The predicted molar refractivity (Wildman–Crippen MR) is 84.7 cm³/mol. The smallest absolute Gasteiger partial charge is 0.166 e. The Labute approximate surface area is 130 Å². The monoisotopic (exact) mass is 306 g/mol. The Bertz CT molecular complexity index is 582. The lowest BCUT2D eigenvalue weighted by molar-refractivity contribution is -0.137. The lowest BCUT2D eigenvalue weighted by Gasteiger charge is -2.09. The topological polar surface area (TPSA) is 0 Å². The van der Waals surface area contributed by atoms with E-state index >= 15 is 0 Å². The van der Waals surface area contributed by atoms with Gasteiger partial charge in [0, 0.05) is 0 Å². The molecule has 0 radical (unpaired) electrons. The average Bonchev–Trinajstić information content (AvgIpc) is 2.51. The zero-order chi connectivity index (χ0) is 16.0. The van der Waals surface area contributed by atoms with E-state index in [4.69, 9.17) is 0 Å². The molecule has 0 nitrogen and oxygen atoms in total. The van der Waals surface area contributed by atoms with Crippen molar-refractivity contribution in [2.45, 2.75) is 45.2 Å². The number of benzene rings is 2. The van der Waals surface area contributed by atoms with Crippen LogP contribution in [-0.4, -0.2) is 0 Å². The molecule has 2 aromatic rings. The third kappa shape index (κ3) is 4.62. The van der Waals surface area contributed by atoms with Crippen LogP contribution in [0.25, 0.3) is 11.1 Å². The zero-order valence-corrected chi connectivity index (χ0v) is 12.8. The highest BCUT2D eigenvalue weighted by Crippen LogP contribution is 2.31. The van der Waals surface area contributed by atoms with E-state index < -0.39 is 11.7 Å². The Kier molecular flexibility index (Phi) is 5.64. The first kappa shape index (κ1) is 16.6. The maximum Gasteiger partial charge on any atom is 0.416 e. The molecule has 0 unspecified atom stereocenters. The maximum atomic E-state index is 12.6. The van der Waals surface area contributed by atoms with Crippen molar-refractivity contribution in [3.05, 3.63) is 59.7 Å². The number of aryl methyl sites for hydroxylation is 1. The minimum Gasteiger partial charge on any atom is -0.166 e. The van der Waals surface area contributed by atoms with Crippen LogP contribution < -0.4 is 0 Å². The fourth-order valence-corrected chi connectivity index (χ4v) is 2.51. The van der Waals surface area contributed by atoms with Crippen molar-refractivity contribution < 1.29 is 13.2 Å². The van der Waals surface area contributed by atoms with Gasteiger partial charge in [-0.15, -0.1) is 0 Å². The van der Waals surface area contributed by atoms with E-state index in [1.54, 1.807) is 12.1 Å². The van der Waals surface area contributed by atoms with E-state index in [-0.39, 0.29) is 0 Å². The van der Waals surface area contributed by atoms with Gasteiger partial charge in [0.1, 0.15) is 0 Å². The summed E-state index contributed by atoms with van der Waals surface area (Å²) < 4.78 is 37.8. The van der Waals surface area contributed by atoms with Crippen LogP contribution in [0.3, 0.4) is 0 Å². The SMILES string of the molecule is CCCCCCc1cccc(-c2ccc(C(F)(F)F)cc2)c1. The lowest BCUT2D eigenvalue weighted by atomic mass is 9.99. The van der Waals surface area contributed by atoms with Crippen LogP contribution in [-0.2, 0) is 12.6 Å². The number of rotatable bonds is 6. The molecule has 0 bridgehead atoms. The summed E-state index contributed by atoms with van der Waals surface area (Å²) in [4.78, 5) is 0. The highest BCUT2D eigenvalue weighted by atomic mass is 19.4. The average molecular weight is 306 g/mol. The zero-order valence-electron chi connectivity index (χ0n) is 12.8. The number of hydrogen-bond donors (Lipinski definition) is 0. The summed E-state index contributed by atoms with van der Waals surface area (Å²) >= 11 is 0. The van der Waals surface area contributed by atoms with E-state index in [9.17, 15) is 13.2 Å². The van der Waals surface area contributed by atoms with Crippen LogP contribution in [0.5, 0.6) is 0 Å². The Morgan fingerprint density at radius 1 is 0.818 bits per heavy atom. The van der Waals surface area contributed by atoms with Crippen LogP contribution in [0.15, 0.2) is 48.5 Å². The van der Waals surface area contributed by atoms with Crippen molar-refractivity contribution >= 4 is 0 Å². The normalized spacial score (nSPS) is 11.6. The second-order valence-electron chi connectivity index (χ2n) is 5.59. The summed E-state index contributed by atoms with van der Waals surface area (Å²) in [5, 5.41) is 0. The summed E-state index contributed by atoms with van der Waals surface area (Å²) in [7, 11) is 0. The van der Waals surface area contributed by atoms with Crippen molar-refractivity contribution in [2.24, 2.45) is 0 Å². The fourth-order valence-electron chi connectivity index (χ4n) is 2.51. The molecule has 0 saturated carbocycles. The first-order valence-corrected chi connectivity index (χ1v) is 7.77. The molecule has 0 atom stereocenters. The molecular weight excluding hydrogens is 285 g/mol. The van der Waals surface area contributed by atoms with Gasteiger partial charge in [0.05, 0.1) is 5.56 Å².